The predicted molar refractivity (Wildman–Crippen MR) is 82.6 cm³/mol. The van der Waals surface area contributed by atoms with E-state index in [0.29, 0.717) is 18.0 Å². The van der Waals surface area contributed by atoms with E-state index in [1.165, 1.54) is 24.3 Å². The first-order chi connectivity index (χ1) is 9.49. The highest BCUT2D eigenvalue weighted by atomic mass is 35.5. The summed E-state index contributed by atoms with van der Waals surface area (Å²) in [5.74, 6) is 0.246. The van der Waals surface area contributed by atoms with Crippen molar-refractivity contribution < 1.29 is 9.72 Å². The lowest BCUT2D eigenvalue weighted by Crippen LogP contribution is -2.45. The van der Waals surface area contributed by atoms with Gasteiger partial charge >= 0.3 is 0 Å². The fourth-order valence-corrected chi connectivity index (χ4v) is 2.53. The summed E-state index contributed by atoms with van der Waals surface area (Å²) in [6.45, 7) is 3.34. The molecule has 2 N–H and O–H groups in total. The standard InChI is InChI=1S/C14H19N3O3.ClH/c1-10(15)12-3-2-8-16(9-12)14(18)11-4-6-13(7-5-11)17(19)20;/h4-7,10,12H,2-3,8-9,15H2,1H3;1H. The molecule has 1 aromatic rings. The summed E-state index contributed by atoms with van der Waals surface area (Å²) in [6.07, 6.45) is 1.99. The average Bonchev–Trinajstić information content (AvgIpc) is 2.46. The van der Waals surface area contributed by atoms with Crippen molar-refractivity contribution >= 4 is 24.0 Å². The first-order valence-electron chi connectivity index (χ1n) is 6.78. The molecule has 1 aromatic carbocycles. The molecular formula is C14H20ClN3O3. The van der Waals surface area contributed by atoms with E-state index in [1.807, 2.05) is 6.92 Å². The van der Waals surface area contributed by atoms with E-state index in [0.717, 1.165) is 19.4 Å². The van der Waals surface area contributed by atoms with Crippen LogP contribution in [0.2, 0.25) is 0 Å². The van der Waals surface area contributed by atoms with Crippen molar-refractivity contribution in [1.82, 2.24) is 4.90 Å². The third kappa shape index (κ3) is 4.15. The van der Waals surface area contributed by atoms with Crippen LogP contribution in [0.1, 0.15) is 30.1 Å². The quantitative estimate of drug-likeness (QED) is 0.684. The fourth-order valence-electron chi connectivity index (χ4n) is 2.53. The third-order valence-corrected chi connectivity index (χ3v) is 3.81. The molecule has 1 aliphatic heterocycles. The molecule has 1 aliphatic rings. The van der Waals surface area contributed by atoms with E-state index in [9.17, 15) is 14.9 Å². The molecule has 1 heterocycles. The number of halogens is 1. The fraction of sp³-hybridized carbons (Fsp3) is 0.500. The number of nitro benzene ring substituents is 1. The maximum atomic E-state index is 12.4. The Morgan fingerprint density at radius 1 is 1.43 bits per heavy atom. The molecule has 0 aromatic heterocycles. The van der Waals surface area contributed by atoms with Crippen molar-refractivity contribution in [3.05, 3.63) is 39.9 Å². The largest absolute Gasteiger partial charge is 0.338 e. The Bertz CT molecular complexity index is 505. The van der Waals surface area contributed by atoms with Crippen LogP contribution in [0.25, 0.3) is 0 Å². The van der Waals surface area contributed by atoms with Crippen LogP contribution in [0.4, 0.5) is 5.69 Å². The molecule has 0 radical (unpaired) electrons. The Hall–Kier alpha value is -1.66. The Morgan fingerprint density at radius 2 is 2.05 bits per heavy atom. The van der Waals surface area contributed by atoms with E-state index in [-0.39, 0.29) is 30.0 Å². The number of hydrogen-bond acceptors (Lipinski definition) is 4. The van der Waals surface area contributed by atoms with Gasteiger partial charge in [-0.1, -0.05) is 0 Å². The number of nitro groups is 1. The van der Waals surface area contributed by atoms with Crippen molar-refractivity contribution in [3.8, 4) is 0 Å². The number of nitrogens with zero attached hydrogens (tertiary/aromatic N) is 2. The van der Waals surface area contributed by atoms with Crippen LogP contribution in [0.3, 0.4) is 0 Å². The number of amides is 1. The Labute approximate surface area is 129 Å². The van der Waals surface area contributed by atoms with Gasteiger partial charge in [-0.2, -0.15) is 0 Å². The second kappa shape index (κ2) is 7.38. The zero-order chi connectivity index (χ0) is 14.7. The number of non-ortho nitro benzene ring substituents is 1. The molecule has 6 nitrogen and oxygen atoms in total. The average molecular weight is 314 g/mol. The Balaban J connectivity index is 0.00000220. The van der Waals surface area contributed by atoms with Gasteiger partial charge in [0.05, 0.1) is 4.92 Å². The van der Waals surface area contributed by atoms with Gasteiger partial charge < -0.3 is 10.6 Å². The van der Waals surface area contributed by atoms with Crippen molar-refractivity contribution in [2.45, 2.75) is 25.8 Å². The van der Waals surface area contributed by atoms with E-state index in [2.05, 4.69) is 0 Å². The number of carbonyl (C=O) groups excluding carboxylic acids is 1. The number of rotatable bonds is 3. The molecule has 2 rings (SSSR count). The highest BCUT2D eigenvalue weighted by Crippen LogP contribution is 2.21. The van der Waals surface area contributed by atoms with Crippen molar-refractivity contribution in [2.75, 3.05) is 13.1 Å². The summed E-state index contributed by atoms with van der Waals surface area (Å²) < 4.78 is 0. The third-order valence-electron chi connectivity index (χ3n) is 3.81. The van der Waals surface area contributed by atoms with Gasteiger partial charge in [0.1, 0.15) is 0 Å². The minimum Gasteiger partial charge on any atom is -0.338 e. The minimum absolute atomic E-state index is 0. The molecule has 7 heteroatoms. The summed E-state index contributed by atoms with van der Waals surface area (Å²) in [5.41, 5.74) is 6.39. The van der Waals surface area contributed by atoms with Gasteiger partial charge in [0.2, 0.25) is 0 Å². The molecule has 1 fully saturated rings. The van der Waals surface area contributed by atoms with Crippen LogP contribution in [-0.4, -0.2) is 34.9 Å². The van der Waals surface area contributed by atoms with E-state index in [4.69, 9.17) is 5.73 Å². The van der Waals surface area contributed by atoms with Gasteiger partial charge in [0, 0.05) is 36.8 Å². The smallest absolute Gasteiger partial charge is 0.269 e. The van der Waals surface area contributed by atoms with E-state index >= 15 is 0 Å². The predicted octanol–water partition coefficient (Wildman–Crippen LogP) is 2.22. The molecule has 1 saturated heterocycles. The van der Waals surface area contributed by atoms with Gasteiger partial charge in [-0.3, -0.25) is 14.9 Å². The van der Waals surface area contributed by atoms with Crippen LogP contribution in [0.15, 0.2) is 24.3 Å². The van der Waals surface area contributed by atoms with Crippen molar-refractivity contribution in [2.24, 2.45) is 11.7 Å². The molecule has 21 heavy (non-hydrogen) atoms. The van der Waals surface area contributed by atoms with E-state index in [1.54, 1.807) is 4.90 Å². The van der Waals surface area contributed by atoms with Gasteiger partial charge in [0.15, 0.2) is 0 Å². The maximum absolute atomic E-state index is 12.4. The van der Waals surface area contributed by atoms with Crippen molar-refractivity contribution in [1.29, 1.82) is 0 Å². The lowest BCUT2D eigenvalue weighted by Gasteiger charge is -2.34. The highest BCUT2D eigenvalue weighted by molar-refractivity contribution is 5.94. The van der Waals surface area contributed by atoms with Crippen LogP contribution in [-0.2, 0) is 0 Å². The summed E-state index contributed by atoms with van der Waals surface area (Å²) >= 11 is 0. The summed E-state index contributed by atoms with van der Waals surface area (Å²) in [7, 11) is 0. The number of carbonyl (C=O) groups is 1. The number of likely N-dealkylation sites (tertiary alicyclic amines) is 1. The van der Waals surface area contributed by atoms with Gasteiger partial charge in [-0.05, 0) is 37.8 Å². The molecule has 0 bridgehead atoms. The zero-order valence-electron chi connectivity index (χ0n) is 11.9. The first-order valence-corrected chi connectivity index (χ1v) is 6.78. The second-order valence-corrected chi connectivity index (χ2v) is 5.32. The molecule has 1 amide bonds. The second-order valence-electron chi connectivity index (χ2n) is 5.32. The number of nitrogens with two attached hydrogens (primary N) is 1. The lowest BCUT2D eigenvalue weighted by molar-refractivity contribution is -0.384. The lowest BCUT2D eigenvalue weighted by atomic mass is 9.92. The highest BCUT2D eigenvalue weighted by Gasteiger charge is 2.26. The van der Waals surface area contributed by atoms with Gasteiger partial charge in [0.25, 0.3) is 11.6 Å². The monoisotopic (exact) mass is 313 g/mol. The molecule has 2 atom stereocenters. The minimum atomic E-state index is -0.471. The number of hydrogen-bond donors (Lipinski definition) is 1. The van der Waals surface area contributed by atoms with Gasteiger partial charge in [-0.15, -0.1) is 12.4 Å². The topological polar surface area (TPSA) is 89.5 Å². The Kier molecular flexibility index (Phi) is 6.11. The Morgan fingerprint density at radius 3 is 2.57 bits per heavy atom. The molecule has 0 spiro atoms. The SMILES string of the molecule is CC(N)C1CCCN(C(=O)c2ccc([N+](=O)[O-])cc2)C1.Cl. The summed E-state index contributed by atoms with van der Waals surface area (Å²) in [6, 6.07) is 5.81. The number of piperidine rings is 1. The van der Waals surface area contributed by atoms with Gasteiger partial charge in [-0.25, -0.2) is 0 Å². The first kappa shape index (κ1) is 17.4. The zero-order valence-corrected chi connectivity index (χ0v) is 12.7. The maximum Gasteiger partial charge on any atom is 0.269 e. The van der Waals surface area contributed by atoms with Crippen molar-refractivity contribution in [3.63, 3.8) is 0 Å². The summed E-state index contributed by atoms with van der Waals surface area (Å²) in [4.78, 5) is 24.3. The normalized spacial score (nSPS) is 19.5. The van der Waals surface area contributed by atoms with E-state index < -0.39 is 4.92 Å². The van der Waals surface area contributed by atoms with Crippen LogP contribution >= 0.6 is 12.4 Å². The van der Waals surface area contributed by atoms with Crippen LogP contribution in [0, 0.1) is 16.0 Å². The number of benzene rings is 1. The molecule has 116 valence electrons. The molecular weight excluding hydrogens is 294 g/mol. The molecule has 0 saturated carbocycles. The van der Waals surface area contributed by atoms with Crippen LogP contribution < -0.4 is 5.73 Å². The van der Waals surface area contributed by atoms with Crippen LogP contribution in [0.5, 0.6) is 0 Å². The molecule has 0 aliphatic carbocycles. The molecule has 2 unspecified atom stereocenters. The summed E-state index contributed by atoms with van der Waals surface area (Å²) in [5, 5.41) is 10.6.